The second-order valence-corrected chi connectivity index (χ2v) is 3.40. The van der Waals surface area contributed by atoms with Crippen molar-refractivity contribution in [1.29, 1.82) is 0 Å². The number of nitrogens with one attached hydrogen (secondary N) is 1. The van der Waals surface area contributed by atoms with Crippen molar-refractivity contribution in [3.8, 4) is 0 Å². The van der Waals surface area contributed by atoms with E-state index in [4.69, 9.17) is 10.8 Å². The first-order valence-corrected chi connectivity index (χ1v) is 4.99. The summed E-state index contributed by atoms with van der Waals surface area (Å²) in [5, 5.41) is 12.3. The van der Waals surface area contributed by atoms with E-state index in [1.54, 1.807) is 0 Å². The fourth-order valence-electron chi connectivity index (χ4n) is 1.41. The second-order valence-electron chi connectivity index (χ2n) is 3.40. The largest absolute Gasteiger partial charge is 0.397 e. The van der Waals surface area contributed by atoms with Crippen molar-refractivity contribution >= 4 is 11.4 Å². The van der Waals surface area contributed by atoms with E-state index >= 15 is 0 Å². The maximum absolute atomic E-state index is 9.11. The molecule has 0 saturated carbocycles. The summed E-state index contributed by atoms with van der Waals surface area (Å²) in [4.78, 5) is 0. The summed E-state index contributed by atoms with van der Waals surface area (Å²) in [6, 6.07) is 7.70. The molecule has 0 aliphatic carbocycles. The van der Waals surface area contributed by atoms with E-state index in [-0.39, 0.29) is 12.6 Å². The van der Waals surface area contributed by atoms with Crippen molar-refractivity contribution in [2.24, 2.45) is 0 Å². The SMILES string of the molecule is CCC[C@H](CO)Nc1ccccc1N. The maximum Gasteiger partial charge on any atom is 0.0632 e. The predicted octanol–water partition coefficient (Wildman–Crippen LogP) is 1.84. The Hall–Kier alpha value is -1.22. The van der Waals surface area contributed by atoms with Crippen LogP contribution < -0.4 is 11.1 Å². The third-order valence-electron chi connectivity index (χ3n) is 2.18. The number of para-hydroxylation sites is 2. The van der Waals surface area contributed by atoms with Crippen LogP contribution >= 0.6 is 0 Å². The molecular weight excluding hydrogens is 176 g/mol. The Balaban J connectivity index is 2.62. The molecular formula is C11H18N2O. The van der Waals surface area contributed by atoms with Gasteiger partial charge in [0, 0.05) is 6.04 Å². The topological polar surface area (TPSA) is 58.3 Å². The number of aliphatic hydroxyl groups is 1. The van der Waals surface area contributed by atoms with Gasteiger partial charge >= 0.3 is 0 Å². The van der Waals surface area contributed by atoms with E-state index in [9.17, 15) is 0 Å². The van der Waals surface area contributed by atoms with Crippen LogP contribution in [0.15, 0.2) is 24.3 Å². The van der Waals surface area contributed by atoms with Crippen molar-refractivity contribution in [3.63, 3.8) is 0 Å². The highest BCUT2D eigenvalue weighted by Crippen LogP contribution is 2.18. The van der Waals surface area contributed by atoms with Gasteiger partial charge < -0.3 is 16.2 Å². The highest BCUT2D eigenvalue weighted by atomic mass is 16.3. The second kappa shape index (κ2) is 5.50. The normalized spacial score (nSPS) is 12.4. The third kappa shape index (κ3) is 2.92. The molecule has 0 bridgehead atoms. The Morgan fingerprint density at radius 2 is 2.14 bits per heavy atom. The van der Waals surface area contributed by atoms with Crippen LogP contribution in [0.1, 0.15) is 19.8 Å². The number of rotatable bonds is 5. The van der Waals surface area contributed by atoms with E-state index in [0.29, 0.717) is 0 Å². The summed E-state index contributed by atoms with van der Waals surface area (Å²) < 4.78 is 0. The average Bonchev–Trinajstić information content (AvgIpc) is 2.20. The number of anilines is 2. The number of benzene rings is 1. The molecule has 0 radical (unpaired) electrons. The molecule has 0 amide bonds. The van der Waals surface area contributed by atoms with Gasteiger partial charge in [-0.25, -0.2) is 0 Å². The number of aliphatic hydroxyl groups excluding tert-OH is 1. The maximum atomic E-state index is 9.11. The van der Waals surface area contributed by atoms with Gasteiger partial charge in [0.25, 0.3) is 0 Å². The molecule has 0 heterocycles. The van der Waals surface area contributed by atoms with Gasteiger partial charge in [-0.3, -0.25) is 0 Å². The zero-order valence-corrected chi connectivity index (χ0v) is 8.53. The molecule has 1 aromatic rings. The molecule has 0 aliphatic rings. The third-order valence-corrected chi connectivity index (χ3v) is 2.18. The van der Waals surface area contributed by atoms with E-state index < -0.39 is 0 Å². The first kappa shape index (κ1) is 10.9. The Morgan fingerprint density at radius 3 is 2.71 bits per heavy atom. The molecule has 0 fully saturated rings. The molecule has 14 heavy (non-hydrogen) atoms. The summed E-state index contributed by atoms with van der Waals surface area (Å²) in [6.45, 7) is 2.24. The van der Waals surface area contributed by atoms with Crippen LogP contribution in [0.3, 0.4) is 0 Å². The van der Waals surface area contributed by atoms with Gasteiger partial charge in [0.1, 0.15) is 0 Å². The Morgan fingerprint density at radius 1 is 1.43 bits per heavy atom. The zero-order chi connectivity index (χ0) is 10.4. The van der Waals surface area contributed by atoms with Gasteiger partial charge in [0.15, 0.2) is 0 Å². The first-order valence-electron chi connectivity index (χ1n) is 4.99. The van der Waals surface area contributed by atoms with Crippen LogP contribution in [0, 0.1) is 0 Å². The van der Waals surface area contributed by atoms with Gasteiger partial charge in [0.05, 0.1) is 18.0 Å². The first-order chi connectivity index (χ1) is 6.77. The molecule has 1 aromatic carbocycles. The van der Waals surface area contributed by atoms with Crippen LogP contribution in [-0.2, 0) is 0 Å². The number of hydrogen-bond donors (Lipinski definition) is 3. The van der Waals surface area contributed by atoms with Crippen molar-refractivity contribution in [3.05, 3.63) is 24.3 Å². The Bertz CT molecular complexity index is 276. The monoisotopic (exact) mass is 194 g/mol. The molecule has 4 N–H and O–H groups in total. The van der Waals surface area contributed by atoms with Crippen molar-refractivity contribution in [2.75, 3.05) is 17.7 Å². The Kier molecular flexibility index (Phi) is 4.26. The fraction of sp³-hybridized carbons (Fsp3) is 0.455. The molecule has 1 atom stereocenters. The smallest absolute Gasteiger partial charge is 0.0632 e. The van der Waals surface area contributed by atoms with E-state index in [0.717, 1.165) is 24.2 Å². The molecule has 3 heteroatoms. The van der Waals surface area contributed by atoms with E-state index in [2.05, 4.69) is 12.2 Å². The van der Waals surface area contributed by atoms with Crippen molar-refractivity contribution in [2.45, 2.75) is 25.8 Å². The number of nitrogen functional groups attached to an aromatic ring is 1. The van der Waals surface area contributed by atoms with Crippen molar-refractivity contribution in [1.82, 2.24) is 0 Å². The molecule has 3 nitrogen and oxygen atoms in total. The lowest BCUT2D eigenvalue weighted by molar-refractivity contribution is 0.268. The van der Waals surface area contributed by atoms with Crippen molar-refractivity contribution < 1.29 is 5.11 Å². The Labute approximate surface area is 84.9 Å². The summed E-state index contributed by atoms with van der Waals surface area (Å²) in [5.41, 5.74) is 7.40. The summed E-state index contributed by atoms with van der Waals surface area (Å²) in [5.74, 6) is 0. The van der Waals surface area contributed by atoms with E-state index in [1.165, 1.54) is 0 Å². The van der Waals surface area contributed by atoms with Gasteiger partial charge in [0.2, 0.25) is 0 Å². The molecule has 0 aliphatic heterocycles. The van der Waals surface area contributed by atoms with Gasteiger partial charge in [-0.2, -0.15) is 0 Å². The molecule has 78 valence electrons. The molecule has 0 unspecified atom stereocenters. The van der Waals surface area contributed by atoms with Crippen LogP contribution in [0.2, 0.25) is 0 Å². The highest BCUT2D eigenvalue weighted by molar-refractivity contribution is 5.65. The lowest BCUT2D eigenvalue weighted by atomic mass is 10.1. The van der Waals surface area contributed by atoms with Crippen LogP contribution in [0.5, 0.6) is 0 Å². The van der Waals surface area contributed by atoms with Gasteiger partial charge in [-0.05, 0) is 18.6 Å². The van der Waals surface area contributed by atoms with Gasteiger partial charge in [-0.1, -0.05) is 25.5 Å². The molecule has 0 saturated heterocycles. The minimum Gasteiger partial charge on any atom is -0.397 e. The number of nitrogens with two attached hydrogens (primary N) is 1. The summed E-state index contributed by atoms with van der Waals surface area (Å²) in [7, 11) is 0. The molecule has 0 aromatic heterocycles. The number of hydrogen-bond acceptors (Lipinski definition) is 3. The quantitative estimate of drug-likeness (QED) is 0.627. The minimum atomic E-state index is 0.102. The predicted molar refractivity (Wildman–Crippen MR) is 60.3 cm³/mol. The average molecular weight is 194 g/mol. The lowest BCUT2D eigenvalue weighted by Gasteiger charge is -2.17. The summed E-state index contributed by atoms with van der Waals surface area (Å²) in [6.07, 6.45) is 2.00. The fourth-order valence-corrected chi connectivity index (χ4v) is 1.41. The molecule has 0 spiro atoms. The van der Waals surface area contributed by atoms with Crippen LogP contribution in [-0.4, -0.2) is 17.8 Å². The van der Waals surface area contributed by atoms with Crippen LogP contribution in [0.25, 0.3) is 0 Å². The lowest BCUT2D eigenvalue weighted by Crippen LogP contribution is -2.23. The zero-order valence-electron chi connectivity index (χ0n) is 8.53. The van der Waals surface area contributed by atoms with Gasteiger partial charge in [-0.15, -0.1) is 0 Å². The highest BCUT2D eigenvalue weighted by Gasteiger charge is 2.06. The molecule has 1 rings (SSSR count). The minimum absolute atomic E-state index is 0.102. The van der Waals surface area contributed by atoms with E-state index in [1.807, 2.05) is 24.3 Å². The van der Waals surface area contributed by atoms with Crippen LogP contribution in [0.4, 0.5) is 11.4 Å². The standard InChI is InChI=1S/C11H18N2O/c1-2-5-9(8-14)13-11-7-4-3-6-10(11)12/h3-4,6-7,9,13-14H,2,5,8,12H2,1H3/t9-/m1/s1. The summed E-state index contributed by atoms with van der Waals surface area (Å²) >= 11 is 0.